The van der Waals surface area contributed by atoms with Gasteiger partial charge in [-0.25, -0.2) is 13.4 Å². The number of anilines is 1. The first-order valence-electron chi connectivity index (χ1n) is 8.98. The second-order valence-electron chi connectivity index (χ2n) is 6.48. The molecule has 2 N–H and O–H groups in total. The molecule has 1 aromatic heterocycles. The van der Waals surface area contributed by atoms with Gasteiger partial charge in [0.25, 0.3) is 10.0 Å². The summed E-state index contributed by atoms with van der Waals surface area (Å²) in [7, 11) is -3.86. The summed E-state index contributed by atoms with van der Waals surface area (Å²) in [5, 5.41) is 9.55. The molecule has 0 spiro atoms. The van der Waals surface area contributed by atoms with Gasteiger partial charge in [-0.2, -0.15) is 0 Å². The summed E-state index contributed by atoms with van der Waals surface area (Å²) >= 11 is 6.06. The molecule has 11 heteroatoms. The Labute approximate surface area is 238 Å². The van der Waals surface area contributed by atoms with Crippen LogP contribution in [0.2, 0.25) is 0 Å². The molecule has 0 radical (unpaired) electrons. The van der Waals surface area contributed by atoms with E-state index in [1.54, 1.807) is 43.3 Å². The van der Waals surface area contributed by atoms with Crippen LogP contribution in [0.3, 0.4) is 0 Å². The molecule has 0 unspecified atom stereocenters. The molecule has 0 amide bonds. The first kappa shape index (κ1) is 26.8. The topological polar surface area (TPSA) is 109 Å². The fourth-order valence-corrected chi connectivity index (χ4v) is 4.96. The number of aromatic nitrogens is 1. The normalized spacial score (nSPS) is 12.2. The first-order chi connectivity index (χ1) is 14.7. The minimum atomic E-state index is -3.86. The van der Waals surface area contributed by atoms with Gasteiger partial charge < -0.3 is 17.7 Å². The second kappa shape index (κ2) is 11.6. The van der Waals surface area contributed by atoms with Gasteiger partial charge in [-0.3, -0.25) is 14.5 Å². The number of nitrogens with zero attached hydrogens (tertiary/aromatic N) is 2. The predicted molar refractivity (Wildman–Crippen MR) is 125 cm³/mol. The van der Waals surface area contributed by atoms with Crippen molar-refractivity contribution in [2.24, 2.45) is 4.99 Å². The number of Topliss-reactive ketones (excluding diaryl/α,β-unsaturated/α-hetero) is 1. The molecular formula is C21H18KN3O4S3. The number of ketones is 1. The number of thiazole rings is 1. The Kier molecular flexibility index (Phi) is 9.73. The van der Waals surface area contributed by atoms with Crippen molar-refractivity contribution in [2.75, 3.05) is 4.72 Å². The SMILES string of the molecule is Cc1ccc(S(=O)(=O)Nc2nc(C)c(C(=O)/C(=C/O)C([S-])=Nc3ccccc3)s2)cc1.[K+]. The molecule has 2 aromatic carbocycles. The third kappa shape index (κ3) is 6.55. The molecule has 0 aliphatic heterocycles. The Balaban J connectivity index is 0.00000363. The summed E-state index contributed by atoms with van der Waals surface area (Å²) in [6, 6.07) is 15.1. The number of nitrogens with one attached hydrogen (secondary N) is 1. The fourth-order valence-electron chi connectivity index (χ4n) is 2.56. The van der Waals surface area contributed by atoms with Crippen LogP contribution in [0.25, 0.3) is 0 Å². The molecule has 1 heterocycles. The van der Waals surface area contributed by atoms with Crippen LogP contribution in [0, 0.1) is 13.8 Å². The van der Waals surface area contributed by atoms with E-state index in [-0.39, 0.29) is 76.9 Å². The van der Waals surface area contributed by atoms with Crippen molar-refractivity contribution in [1.82, 2.24) is 4.98 Å². The number of para-hydroxylation sites is 1. The van der Waals surface area contributed by atoms with Crippen LogP contribution in [0.1, 0.15) is 20.9 Å². The molecular weight excluding hydrogens is 494 g/mol. The van der Waals surface area contributed by atoms with Gasteiger partial charge in [0.15, 0.2) is 5.13 Å². The summed E-state index contributed by atoms with van der Waals surface area (Å²) in [6.07, 6.45) is 0.604. The van der Waals surface area contributed by atoms with Crippen LogP contribution in [0.15, 0.2) is 76.3 Å². The third-order valence-corrected chi connectivity index (χ3v) is 7.01. The Morgan fingerprint density at radius 1 is 1.12 bits per heavy atom. The zero-order valence-corrected chi connectivity index (χ0v) is 23.1. The van der Waals surface area contributed by atoms with E-state index in [9.17, 15) is 18.3 Å². The Morgan fingerprint density at radius 3 is 2.34 bits per heavy atom. The largest absolute Gasteiger partial charge is 1.00 e. The number of benzene rings is 2. The minimum Gasteiger partial charge on any atom is -0.759 e. The van der Waals surface area contributed by atoms with Crippen molar-refractivity contribution in [1.29, 1.82) is 0 Å². The van der Waals surface area contributed by atoms with Gasteiger partial charge in [-0.15, -0.1) is 0 Å². The number of rotatable bonds is 7. The molecule has 3 rings (SSSR count). The van der Waals surface area contributed by atoms with E-state index in [0.717, 1.165) is 16.9 Å². The number of hydrogen-bond donors (Lipinski definition) is 2. The van der Waals surface area contributed by atoms with Crippen LogP contribution >= 0.6 is 11.3 Å². The maximum atomic E-state index is 12.9. The van der Waals surface area contributed by atoms with Gasteiger partial charge >= 0.3 is 51.4 Å². The van der Waals surface area contributed by atoms with Gasteiger partial charge in [0.2, 0.25) is 5.78 Å². The van der Waals surface area contributed by atoms with Crippen LogP contribution in [0.4, 0.5) is 10.8 Å². The van der Waals surface area contributed by atoms with E-state index >= 15 is 0 Å². The zero-order chi connectivity index (χ0) is 22.6. The van der Waals surface area contributed by atoms with Crippen molar-refractivity contribution < 1.29 is 69.7 Å². The summed E-state index contributed by atoms with van der Waals surface area (Å²) in [6.45, 7) is 3.42. The van der Waals surface area contributed by atoms with E-state index in [4.69, 9.17) is 12.6 Å². The van der Waals surface area contributed by atoms with Crippen LogP contribution < -0.4 is 56.1 Å². The van der Waals surface area contributed by atoms with Crippen molar-refractivity contribution >= 4 is 55.6 Å². The van der Waals surface area contributed by atoms with E-state index in [1.165, 1.54) is 12.1 Å². The van der Waals surface area contributed by atoms with E-state index in [1.807, 2.05) is 13.0 Å². The molecule has 0 fully saturated rings. The fraction of sp³-hybridized carbons (Fsp3) is 0.0952. The van der Waals surface area contributed by atoms with Crippen molar-refractivity contribution in [3.8, 4) is 0 Å². The Hall–Kier alpha value is -1.44. The quantitative estimate of drug-likeness (QED) is 0.0946. The average molecular weight is 512 g/mol. The molecule has 32 heavy (non-hydrogen) atoms. The number of hydrogen-bond acceptors (Lipinski definition) is 8. The molecule has 0 atom stereocenters. The van der Waals surface area contributed by atoms with E-state index in [0.29, 0.717) is 17.6 Å². The second-order valence-corrected chi connectivity index (χ2v) is 9.54. The van der Waals surface area contributed by atoms with Crippen molar-refractivity contribution in [3.63, 3.8) is 0 Å². The monoisotopic (exact) mass is 511 g/mol. The maximum Gasteiger partial charge on any atom is 1.00 e. The van der Waals surface area contributed by atoms with Gasteiger partial charge in [-0.1, -0.05) is 52.3 Å². The summed E-state index contributed by atoms with van der Waals surface area (Å²) in [5.74, 6) is -0.594. The van der Waals surface area contributed by atoms with Crippen LogP contribution in [0.5, 0.6) is 0 Å². The number of sulfonamides is 1. The van der Waals surface area contributed by atoms with Gasteiger partial charge in [0, 0.05) is 0 Å². The van der Waals surface area contributed by atoms with E-state index in [2.05, 4.69) is 14.7 Å². The standard InChI is InChI=1S/C21H19N3O4S3.K/c1-13-8-10-16(11-9-13)31(27,28)24-21-22-14(2)19(30-21)18(26)17(12-25)20(29)23-15-6-4-3-5-7-15;/h3-12,25H,1-2H3,(H,22,24)(H,23,29);/q;+1/p-1/b17-12-;. The third-order valence-electron chi connectivity index (χ3n) is 4.15. The Morgan fingerprint density at radius 2 is 1.75 bits per heavy atom. The number of aliphatic hydroxyl groups excluding tert-OH is 1. The number of carbonyl (C=O) groups is 1. The number of aliphatic hydroxyl groups is 1. The Bertz CT molecular complexity index is 1270. The summed E-state index contributed by atoms with van der Waals surface area (Å²) in [5.41, 5.74) is 1.58. The molecule has 3 aromatic rings. The molecule has 0 aliphatic carbocycles. The predicted octanol–water partition coefficient (Wildman–Crippen LogP) is 1.47. The maximum absolute atomic E-state index is 12.9. The molecule has 160 valence electrons. The van der Waals surface area contributed by atoms with Crippen LogP contribution in [-0.4, -0.2) is 29.3 Å². The van der Waals surface area contributed by atoms with Gasteiger partial charge in [-0.05, 0) is 38.1 Å². The number of aliphatic imine (C=N–C) groups is 1. The zero-order valence-electron chi connectivity index (χ0n) is 17.6. The van der Waals surface area contributed by atoms with Gasteiger partial charge in [0.1, 0.15) is 4.88 Å². The minimum absolute atomic E-state index is 0. The molecule has 0 saturated carbocycles. The van der Waals surface area contributed by atoms with E-state index < -0.39 is 15.8 Å². The van der Waals surface area contributed by atoms with Gasteiger partial charge in [0.05, 0.1) is 28.1 Å². The molecule has 0 bridgehead atoms. The molecule has 0 saturated heterocycles. The first-order valence-corrected chi connectivity index (χ1v) is 11.7. The smallest absolute Gasteiger partial charge is 0.759 e. The van der Waals surface area contributed by atoms with Crippen molar-refractivity contribution in [3.05, 3.63) is 82.6 Å². The number of carbonyl (C=O) groups excluding carboxylic acids is 1. The van der Waals surface area contributed by atoms with Crippen molar-refractivity contribution in [2.45, 2.75) is 18.7 Å². The number of aryl methyl sites for hydroxylation is 2. The summed E-state index contributed by atoms with van der Waals surface area (Å²) in [4.78, 5) is 21.5. The van der Waals surface area contributed by atoms with Crippen LogP contribution in [-0.2, 0) is 22.7 Å². The molecule has 0 aliphatic rings. The summed E-state index contributed by atoms with van der Waals surface area (Å²) < 4.78 is 27.6. The molecule has 7 nitrogen and oxygen atoms in total. The average Bonchev–Trinajstić information content (AvgIpc) is 3.08.